The lowest BCUT2D eigenvalue weighted by Crippen LogP contribution is -2.29. The summed E-state index contributed by atoms with van der Waals surface area (Å²) in [4.78, 5) is 13.6. The summed E-state index contributed by atoms with van der Waals surface area (Å²) in [6.45, 7) is 3.81. The third kappa shape index (κ3) is 5.39. The molecular formula is C18H19Cl2NO3S2. The van der Waals surface area contributed by atoms with Gasteiger partial charge in [-0.05, 0) is 36.2 Å². The highest BCUT2D eigenvalue weighted by molar-refractivity contribution is 8.01. The van der Waals surface area contributed by atoms with E-state index in [1.165, 1.54) is 11.8 Å². The van der Waals surface area contributed by atoms with E-state index in [1.807, 2.05) is 13.8 Å². The SMILES string of the molecule is CC(C)C(Sc1ccccc1S(C)(=O)=O)C(=O)Nc1cc(Cl)ccc1Cl. The van der Waals surface area contributed by atoms with Gasteiger partial charge in [-0.3, -0.25) is 4.79 Å². The van der Waals surface area contributed by atoms with Crippen molar-refractivity contribution in [3.63, 3.8) is 0 Å². The average Bonchev–Trinajstić information content (AvgIpc) is 2.55. The highest BCUT2D eigenvalue weighted by Crippen LogP contribution is 2.34. The molecule has 2 aromatic rings. The molecule has 0 aliphatic rings. The van der Waals surface area contributed by atoms with E-state index in [0.717, 1.165) is 6.26 Å². The minimum atomic E-state index is -3.39. The van der Waals surface area contributed by atoms with Crippen molar-refractivity contribution in [2.24, 2.45) is 5.92 Å². The molecule has 0 fully saturated rings. The van der Waals surface area contributed by atoms with Crippen LogP contribution in [0.15, 0.2) is 52.3 Å². The van der Waals surface area contributed by atoms with Gasteiger partial charge in [-0.25, -0.2) is 8.42 Å². The van der Waals surface area contributed by atoms with E-state index in [-0.39, 0.29) is 16.7 Å². The Morgan fingerprint density at radius 3 is 2.38 bits per heavy atom. The molecule has 26 heavy (non-hydrogen) atoms. The molecule has 2 rings (SSSR count). The zero-order chi connectivity index (χ0) is 19.5. The van der Waals surface area contributed by atoms with E-state index in [2.05, 4.69) is 5.32 Å². The number of carbonyl (C=O) groups is 1. The van der Waals surface area contributed by atoms with Gasteiger partial charge in [-0.1, -0.05) is 49.2 Å². The first kappa shape index (κ1) is 21.1. The number of rotatable bonds is 6. The molecule has 0 saturated carbocycles. The van der Waals surface area contributed by atoms with Crippen LogP contribution < -0.4 is 5.32 Å². The van der Waals surface area contributed by atoms with Gasteiger partial charge in [0.25, 0.3) is 0 Å². The number of anilines is 1. The summed E-state index contributed by atoms with van der Waals surface area (Å²) < 4.78 is 24.0. The van der Waals surface area contributed by atoms with Gasteiger partial charge in [0.2, 0.25) is 5.91 Å². The molecule has 140 valence electrons. The van der Waals surface area contributed by atoms with Crippen LogP contribution in [-0.2, 0) is 14.6 Å². The number of hydrogen-bond donors (Lipinski definition) is 1. The van der Waals surface area contributed by atoms with Gasteiger partial charge in [0.15, 0.2) is 9.84 Å². The summed E-state index contributed by atoms with van der Waals surface area (Å²) in [6, 6.07) is 11.5. The second kappa shape index (κ2) is 8.65. The third-order valence-corrected chi connectivity index (χ3v) is 7.02. The fourth-order valence-corrected chi connectivity index (χ4v) is 5.03. The molecule has 4 nitrogen and oxygen atoms in total. The van der Waals surface area contributed by atoms with Crippen LogP contribution >= 0.6 is 35.0 Å². The molecule has 8 heteroatoms. The summed E-state index contributed by atoms with van der Waals surface area (Å²) in [5, 5.41) is 3.12. The van der Waals surface area contributed by atoms with Crippen LogP contribution in [0.4, 0.5) is 5.69 Å². The first-order valence-corrected chi connectivity index (χ1v) is 11.3. The number of thioether (sulfide) groups is 1. The topological polar surface area (TPSA) is 63.2 Å². The molecule has 2 aromatic carbocycles. The Bertz CT molecular complexity index is 914. The number of benzene rings is 2. The minimum absolute atomic E-state index is 0.0365. The Morgan fingerprint density at radius 2 is 1.77 bits per heavy atom. The van der Waals surface area contributed by atoms with Crippen molar-refractivity contribution in [3.05, 3.63) is 52.5 Å². The fourth-order valence-electron chi connectivity index (χ4n) is 2.28. The second-order valence-corrected chi connectivity index (χ2v) is 10.1. The summed E-state index contributed by atoms with van der Waals surface area (Å²) in [5.74, 6) is -0.303. The zero-order valence-corrected chi connectivity index (χ0v) is 17.6. The number of carbonyl (C=O) groups excluding carboxylic acids is 1. The molecule has 0 spiro atoms. The lowest BCUT2D eigenvalue weighted by molar-refractivity contribution is -0.116. The predicted octanol–water partition coefficient (Wildman–Crippen LogP) is 5.15. The van der Waals surface area contributed by atoms with Crippen LogP contribution in [0.5, 0.6) is 0 Å². The van der Waals surface area contributed by atoms with Gasteiger partial charge >= 0.3 is 0 Å². The fraction of sp³-hybridized carbons (Fsp3) is 0.278. The number of sulfone groups is 1. The van der Waals surface area contributed by atoms with Crippen LogP contribution in [0.3, 0.4) is 0 Å². The normalized spacial score (nSPS) is 12.8. The van der Waals surface area contributed by atoms with E-state index in [4.69, 9.17) is 23.2 Å². The molecule has 0 aromatic heterocycles. The number of hydrogen-bond acceptors (Lipinski definition) is 4. The number of nitrogens with one attached hydrogen (secondary N) is 1. The molecule has 1 unspecified atom stereocenters. The van der Waals surface area contributed by atoms with Gasteiger partial charge in [0.1, 0.15) is 0 Å². The maximum absolute atomic E-state index is 12.8. The smallest absolute Gasteiger partial charge is 0.238 e. The standard InChI is InChI=1S/C18H19Cl2NO3S2/c1-11(2)17(18(22)21-14-10-12(19)8-9-13(14)20)25-15-6-4-5-7-16(15)26(3,23)24/h4-11,17H,1-3H3,(H,21,22). The monoisotopic (exact) mass is 431 g/mol. The number of halogens is 2. The molecule has 1 atom stereocenters. The van der Waals surface area contributed by atoms with Crippen molar-refractivity contribution < 1.29 is 13.2 Å². The zero-order valence-electron chi connectivity index (χ0n) is 14.5. The molecule has 0 aliphatic carbocycles. The maximum Gasteiger partial charge on any atom is 0.238 e. The van der Waals surface area contributed by atoms with Gasteiger partial charge in [-0.15, -0.1) is 11.8 Å². The molecule has 1 amide bonds. The van der Waals surface area contributed by atoms with Gasteiger partial charge in [-0.2, -0.15) is 0 Å². The summed E-state index contributed by atoms with van der Waals surface area (Å²) in [6.07, 6.45) is 1.16. The second-order valence-electron chi connectivity index (χ2n) is 6.11. The maximum atomic E-state index is 12.8. The van der Waals surface area contributed by atoms with Gasteiger partial charge < -0.3 is 5.32 Å². The average molecular weight is 432 g/mol. The van der Waals surface area contributed by atoms with Gasteiger partial charge in [0.05, 0.1) is 20.9 Å². The first-order valence-electron chi connectivity index (χ1n) is 7.81. The lowest BCUT2D eigenvalue weighted by Gasteiger charge is -2.21. The molecule has 0 radical (unpaired) electrons. The molecule has 1 N–H and O–H groups in total. The van der Waals surface area contributed by atoms with Gasteiger partial charge in [0, 0.05) is 16.2 Å². The van der Waals surface area contributed by atoms with E-state index >= 15 is 0 Å². The van der Waals surface area contributed by atoms with E-state index < -0.39 is 15.1 Å². The Balaban J connectivity index is 2.30. The van der Waals surface area contributed by atoms with Crippen molar-refractivity contribution in [3.8, 4) is 0 Å². The minimum Gasteiger partial charge on any atom is -0.324 e. The van der Waals surface area contributed by atoms with E-state index in [0.29, 0.717) is 20.6 Å². The van der Waals surface area contributed by atoms with Crippen LogP contribution in [0.25, 0.3) is 0 Å². The summed E-state index contributed by atoms with van der Waals surface area (Å²) in [7, 11) is -3.39. The third-order valence-electron chi connectivity index (χ3n) is 3.55. The highest BCUT2D eigenvalue weighted by atomic mass is 35.5. The summed E-state index contributed by atoms with van der Waals surface area (Å²) >= 11 is 13.3. The molecule has 0 bridgehead atoms. The molecule has 0 aliphatic heterocycles. The van der Waals surface area contributed by atoms with Crippen LogP contribution in [0.2, 0.25) is 10.0 Å². The molecule has 0 saturated heterocycles. The Labute approximate surface area is 168 Å². The Morgan fingerprint density at radius 1 is 1.12 bits per heavy atom. The number of amides is 1. The van der Waals surface area contributed by atoms with E-state index in [1.54, 1.807) is 42.5 Å². The largest absolute Gasteiger partial charge is 0.324 e. The quantitative estimate of drug-likeness (QED) is 0.641. The van der Waals surface area contributed by atoms with Crippen LogP contribution in [0, 0.1) is 5.92 Å². The molecular weight excluding hydrogens is 413 g/mol. The van der Waals surface area contributed by atoms with Crippen LogP contribution in [-0.4, -0.2) is 25.8 Å². The first-order chi connectivity index (χ1) is 12.1. The Kier molecular flexibility index (Phi) is 7.02. The van der Waals surface area contributed by atoms with Crippen molar-refractivity contribution in [2.75, 3.05) is 11.6 Å². The Hall–Kier alpha value is -1.21. The van der Waals surface area contributed by atoms with Crippen molar-refractivity contribution in [1.29, 1.82) is 0 Å². The molecule has 0 heterocycles. The summed E-state index contributed by atoms with van der Waals surface area (Å²) in [5.41, 5.74) is 0.423. The predicted molar refractivity (Wildman–Crippen MR) is 109 cm³/mol. The van der Waals surface area contributed by atoms with Crippen molar-refractivity contribution in [1.82, 2.24) is 0 Å². The van der Waals surface area contributed by atoms with Crippen molar-refractivity contribution in [2.45, 2.75) is 28.9 Å². The van der Waals surface area contributed by atoms with Crippen molar-refractivity contribution >= 4 is 56.4 Å². The lowest BCUT2D eigenvalue weighted by atomic mass is 10.1. The highest BCUT2D eigenvalue weighted by Gasteiger charge is 2.26. The van der Waals surface area contributed by atoms with Crippen LogP contribution in [0.1, 0.15) is 13.8 Å². The van der Waals surface area contributed by atoms with E-state index in [9.17, 15) is 13.2 Å².